The number of rotatable bonds is 3. The number of H-pyrrole nitrogens is 1. The van der Waals surface area contributed by atoms with Crippen LogP contribution in [0.2, 0.25) is 0 Å². The Hall–Kier alpha value is -3.29. The highest BCUT2D eigenvalue weighted by molar-refractivity contribution is 5.90. The van der Waals surface area contributed by atoms with E-state index in [1.807, 2.05) is 18.3 Å². The van der Waals surface area contributed by atoms with Crippen molar-refractivity contribution in [2.45, 2.75) is 25.3 Å². The first-order valence-electron chi connectivity index (χ1n) is 11.0. The molecule has 168 valence electrons. The SMILES string of the molecule is C=C(c1cccnc1)c1[nH]nc2nc(N3CCC4(CC3)Cc3ccccc3[C@H]4N)cnc12.Cl. The third-order valence-corrected chi connectivity index (χ3v) is 7.24. The molecule has 0 bridgehead atoms. The van der Waals surface area contributed by atoms with Crippen LogP contribution in [0.3, 0.4) is 0 Å². The minimum Gasteiger partial charge on any atom is -0.355 e. The second-order valence-electron chi connectivity index (χ2n) is 8.92. The van der Waals surface area contributed by atoms with Gasteiger partial charge in [-0.05, 0) is 41.9 Å². The third-order valence-electron chi connectivity index (χ3n) is 7.24. The molecule has 1 aliphatic heterocycles. The number of nitrogens with two attached hydrogens (primary N) is 1. The van der Waals surface area contributed by atoms with Gasteiger partial charge < -0.3 is 10.6 Å². The van der Waals surface area contributed by atoms with Gasteiger partial charge in [0.25, 0.3) is 0 Å². The number of nitrogens with one attached hydrogen (secondary N) is 1. The van der Waals surface area contributed by atoms with Gasteiger partial charge in [0.1, 0.15) is 11.3 Å². The number of hydrogen-bond acceptors (Lipinski definition) is 6. The predicted molar refractivity (Wildman–Crippen MR) is 132 cm³/mol. The lowest BCUT2D eigenvalue weighted by atomic mass is 9.73. The number of nitrogens with zero attached hydrogens (tertiary/aromatic N) is 5. The number of pyridine rings is 1. The van der Waals surface area contributed by atoms with Crippen molar-refractivity contribution in [1.29, 1.82) is 0 Å². The molecule has 1 aromatic carbocycles. The summed E-state index contributed by atoms with van der Waals surface area (Å²) < 4.78 is 0. The van der Waals surface area contributed by atoms with Crippen molar-refractivity contribution in [3.63, 3.8) is 0 Å². The van der Waals surface area contributed by atoms with Crippen molar-refractivity contribution < 1.29 is 0 Å². The van der Waals surface area contributed by atoms with Crippen LogP contribution in [0, 0.1) is 5.41 Å². The summed E-state index contributed by atoms with van der Waals surface area (Å²) in [5.74, 6) is 0.862. The number of piperidine rings is 1. The van der Waals surface area contributed by atoms with E-state index in [0.29, 0.717) is 5.65 Å². The van der Waals surface area contributed by atoms with Crippen LogP contribution in [0.4, 0.5) is 5.82 Å². The Labute approximate surface area is 198 Å². The molecule has 7 nitrogen and oxygen atoms in total. The Morgan fingerprint density at radius 1 is 1.12 bits per heavy atom. The van der Waals surface area contributed by atoms with Gasteiger partial charge in [0, 0.05) is 42.7 Å². The van der Waals surface area contributed by atoms with Gasteiger partial charge in [0.2, 0.25) is 5.65 Å². The van der Waals surface area contributed by atoms with Crippen LogP contribution in [0.5, 0.6) is 0 Å². The van der Waals surface area contributed by atoms with Crippen molar-refractivity contribution in [1.82, 2.24) is 25.1 Å². The van der Waals surface area contributed by atoms with E-state index in [0.717, 1.165) is 60.5 Å². The van der Waals surface area contributed by atoms with Crippen LogP contribution in [-0.2, 0) is 6.42 Å². The minimum absolute atomic E-state index is 0. The molecule has 2 aliphatic rings. The third kappa shape index (κ3) is 3.48. The number of anilines is 1. The minimum atomic E-state index is 0. The zero-order chi connectivity index (χ0) is 21.7. The lowest BCUT2D eigenvalue weighted by Gasteiger charge is -2.42. The molecule has 0 amide bonds. The van der Waals surface area contributed by atoms with E-state index in [4.69, 9.17) is 15.7 Å². The van der Waals surface area contributed by atoms with Crippen LogP contribution in [0.1, 0.15) is 41.3 Å². The summed E-state index contributed by atoms with van der Waals surface area (Å²) >= 11 is 0. The molecule has 0 unspecified atom stereocenters. The molecule has 4 aromatic rings. The van der Waals surface area contributed by atoms with Crippen molar-refractivity contribution >= 4 is 35.0 Å². The van der Waals surface area contributed by atoms with Gasteiger partial charge in [0.15, 0.2) is 0 Å². The molecule has 1 fully saturated rings. The maximum Gasteiger partial charge on any atom is 0.202 e. The van der Waals surface area contributed by atoms with Gasteiger partial charge in [0.05, 0.1) is 11.9 Å². The number of benzene rings is 1. The van der Waals surface area contributed by atoms with Gasteiger partial charge in [-0.15, -0.1) is 12.4 Å². The Morgan fingerprint density at radius 2 is 1.94 bits per heavy atom. The molecule has 3 aromatic heterocycles. The normalized spacial score (nSPS) is 18.8. The lowest BCUT2D eigenvalue weighted by molar-refractivity contribution is 0.187. The zero-order valence-electron chi connectivity index (χ0n) is 18.2. The van der Waals surface area contributed by atoms with Crippen molar-refractivity contribution in [3.8, 4) is 0 Å². The van der Waals surface area contributed by atoms with Crippen LogP contribution in [0.15, 0.2) is 61.6 Å². The van der Waals surface area contributed by atoms with Crippen molar-refractivity contribution in [2.24, 2.45) is 11.1 Å². The second-order valence-corrected chi connectivity index (χ2v) is 8.92. The Kier molecular flexibility index (Phi) is 5.38. The highest BCUT2D eigenvalue weighted by Gasteiger charge is 2.45. The second kappa shape index (κ2) is 8.24. The number of halogens is 1. The van der Waals surface area contributed by atoms with Gasteiger partial charge in [-0.1, -0.05) is 36.9 Å². The zero-order valence-corrected chi connectivity index (χ0v) is 19.1. The Bertz CT molecular complexity index is 1310. The predicted octanol–water partition coefficient (Wildman–Crippen LogP) is 4.07. The molecule has 1 saturated heterocycles. The molecular weight excluding hydrogens is 434 g/mol. The van der Waals surface area contributed by atoms with Gasteiger partial charge in [-0.25, -0.2) is 9.97 Å². The molecular formula is C25H26ClN7. The van der Waals surface area contributed by atoms with E-state index in [1.54, 1.807) is 12.4 Å². The number of aromatic nitrogens is 5. The fourth-order valence-electron chi connectivity index (χ4n) is 5.32. The number of fused-ring (bicyclic) bond motifs is 2. The van der Waals surface area contributed by atoms with Crippen molar-refractivity contribution in [3.05, 3.63) is 84.0 Å². The van der Waals surface area contributed by atoms with E-state index in [9.17, 15) is 0 Å². The first kappa shape index (κ1) is 21.6. The van der Waals surface area contributed by atoms with Gasteiger partial charge >= 0.3 is 0 Å². The highest BCUT2D eigenvalue weighted by Crippen LogP contribution is 2.50. The average molecular weight is 460 g/mol. The Balaban J connectivity index is 0.00000228. The van der Waals surface area contributed by atoms with Gasteiger partial charge in [-0.2, -0.15) is 5.10 Å². The Morgan fingerprint density at radius 3 is 2.70 bits per heavy atom. The quantitative estimate of drug-likeness (QED) is 0.479. The number of aromatic amines is 1. The summed E-state index contributed by atoms with van der Waals surface area (Å²) in [5, 5.41) is 7.46. The largest absolute Gasteiger partial charge is 0.355 e. The summed E-state index contributed by atoms with van der Waals surface area (Å²) in [6.07, 6.45) is 8.54. The average Bonchev–Trinajstić information content (AvgIpc) is 3.38. The summed E-state index contributed by atoms with van der Waals surface area (Å²) in [5.41, 5.74) is 13.4. The molecule has 0 radical (unpaired) electrons. The highest BCUT2D eigenvalue weighted by atomic mass is 35.5. The molecule has 4 heterocycles. The van der Waals surface area contributed by atoms with E-state index in [1.165, 1.54) is 11.1 Å². The fraction of sp³-hybridized carbons (Fsp3) is 0.280. The lowest BCUT2D eigenvalue weighted by Crippen LogP contribution is -2.44. The van der Waals surface area contributed by atoms with Crippen molar-refractivity contribution in [2.75, 3.05) is 18.0 Å². The summed E-state index contributed by atoms with van der Waals surface area (Å²) in [4.78, 5) is 16.0. The fourth-order valence-corrected chi connectivity index (χ4v) is 5.32. The van der Waals surface area contributed by atoms with Crippen LogP contribution >= 0.6 is 12.4 Å². The molecule has 1 atom stereocenters. The topological polar surface area (TPSA) is 96.6 Å². The molecule has 1 spiro atoms. The van der Waals surface area contributed by atoms with E-state index >= 15 is 0 Å². The molecule has 33 heavy (non-hydrogen) atoms. The van der Waals surface area contributed by atoms with E-state index in [2.05, 4.69) is 50.9 Å². The summed E-state index contributed by atoms with van der Waals surface area (Å²) in [6, 6.07) is 12.6. The van der Waals surface area contributed by atoms with E-state index < -0.39 is 0 Å². The smallest absolute Gasteiger partial charge is 0.202 e. The van der Waals surface area contributed by atoms with Crippen LogP contribution < -0.4 is 10.6 Å². The molecule has 8 heteroatoms. The standard InChI is InChI=1S/C25H25N7.ClH/c1-16(18-6-4-10-27-14-18)21-22-24(31-30-21)29-20(15-28-22)32-11-8-25(9-12-32)13-17-5-2-3-7-19(17)23(25)26;/h2-7,10,14-15,23H,1,8-9,11-13,26H2,(H,29,30,31);1H/t23-;/m1./s1. The van der Waals surface area contributed by atoms with E-state index in [-0.39, 0.29) is 23.9 Å². The number of hydrogen-bond donors (Lipinski definition) is 2. The molecule has 0 saturated carbocycles. The summed E-state index contributed by atoms with van der Waals surface area (Å²) in [7, 11) is 0. The van der Waals surface area contributed by atoms with Crippen LogP contribution in [0.25, 0.3) is 16.7 Å². The molecule has 6 rings (SSSR count). The van der Waals surface area contributed by atoms with Crippen LogP contribution in [-0.4, -0.2) is 38.2 Å². The summed E-state index contributed by atoms with van der Waals surface area (Å²) in [6.45, 7) is 6.03. The first-order chi connectivity index (χ1) is 15.6. The monoisotopic (exact) mass is 459 g/mol. The first-order valence-corrected chi connectivity index (χ1v) is 11.0. The van der Waals surface area contributed by atoms with Gasteiger partial charge in [-0.3, -0.25) is 10.1 Å². The maximum atomic E-state index is 6.72. The maximum absolute atomic E-state index is 6.72. The molecule has 3 N–H and O–H groups in total. The molecule has 1 aliphatic carbocycles.